The number of fused-ring (bicyclic) bond motifs is 3. The Balaban J connectivity index is 1.41. The minimum absolute atomic E-state index is 0.116. The molecule has 2 aromatic rings. The number of esters is 1. The molecule has 12 nitrogen and oxygen atoms in total. The van der Waals surface area contributed by atoms with Crippen LogP contribution in [0, 0.1) is 29.1 Å². The number of hydrogen-bond acceptors (Lipinski definition) is 10. The molecule has 0 spiro atoms. The summed E-state index contributed by atoms with van der Waals surface area (Å²) in [6, 6.07) is 5.63. The van der Waals surface area contributed by atoms with Crippen LogP contribution in [0.4, 0.5) is 13.2 Å². The average Bonchev–Trinajstić information content (AvgIpc) is 4.12. The smallest absolute Gasteiger partial charge is 0.427 e. The van der Waals surface area contributed by atoms with Crippen molar-refractivity contribution >= 4 is 44.4 Å². The van der Waals surface area contributed by atoms with Gasteiger partial charge in [0, 0.05) is 31.8 Å². The normalized spacial score (nSPS) is 31.4. The maximum atomic E-state index is 15.1. The van der Waals surface area contributed by atoms with Crippen LogP contribution in [0.1, 0.15) is 100.0 Å². The Morgan fingerprint density at radius 3 is 2.47 bits per heavy atom. The van der Waals surface area contributed by atoms with E-state index in [4.69, 9.17) is 17.7 Å². The van der Waals surface area contributed by atoms with Crippen LogP contribution in [0.3, 0.4) is 0 Å². The number of amides is 2. The molecule has 3 heterocycles. The summed E-state index contributed by atoms with van der Waals surface area (Å²) >= 11 is 0. The number of pyridine rings is 1. The monoisotopic (exact) mass is 825 g/mol. The van der Waals surface area contributed by atoms with E-state index in [0.29, 0.717) is 42.2 Å². The van der Waals surface area contributed by atoms with Gasteiger partial charge in [0.2, 0.25) is 33.3 Å². The summed E-state index contributed by atoms with van der Waals surface area (Å²) in [5.41, 5.74) is -6.42. The second-order valence-electron chi connectivity index (χ2n) is 15.9. The Hall–Kier alpha value is -4.21. The molecule has 2 aliphatic carbocycles. The van der Waals surface area contributed by atoms with Gasteiger partial charge in [0.05, 0.1) is 48.9 Å². The van der Waals surface area contributed by atoms with Crippen LogP contribution in [0.2, 0.25) is 0 Å². The number of carbonyl (C=O) groups is 4. The first kappa shape index (κ1) is 34.8. The van der Waals surface area contributed by atoms with Crippen LogP contribution >= 0.6 is 0 Å². The first-order valence-electron chi connectivity index (χ1n) is 22.2. The number of aromatic nitrogens is 1. The highest BCUT2D eigenvalue weighted by molar-refractivity contribution is 7.90. The van der Waals surface area contributed by atoms with Crippen molar-refractivity contribution in [2.75, 3.05) is 13.7 Å². The van der Waals surface area contributed by atoms with Gasteiger partial charge in [-0.15, -0.1) is 0 Å². The third kappa shape index (κ3) is 9.10. The number of rotatable bonds is 10. The molecule has 0 unspecified atom stereocenters. The first-order chi connectivity index (χ1) is 29.3. The second-order valence-corrected chi connectivity index (χ2v) is 17.9. The fraction of sp³-hybridized carbons (Fsp3) is 0.634. The maximum Gasteiger partial charge on any atom is 0.427 e. The SMILES string of the molecule is [2H]C([2H])([2H])C(OC(=O)C[C@@H]1C(=O)N2C[C@H](Oc3ncc(OC)c4ccccc34)C[C@H]2C(=O)C[C@]2(C(=O)NS(=O)(=O)C3CC3)C[C@H]2/C=C\CC[C@@H](C)C[C@H]1CC)(C([2H])([2H])[2H])C(F)(F)F. The van der Waals surface area contributed by atoms with Gasteiger partial charge < -0.3 is 19.1 Å². The van der Waals surface area contributed by atoms with Crippen molar-refractivity contribution < 1.29 is 63.2 Å². The lowest BCUT2D eigenvalue weighted by Gasteiger charge is -2.34. The first-order valence-corrected chi connectivity index (χ1v) is 20.8. The minimum Gasteiger partial charge on any atom is -0.494 e. The number of Topliss-reactive ketones (excluding diaryl/α,β-unsaturated/α-hetero) is 1. The van der Waals surface area contributed by atoms with Gasteiger partial charge in [-0.25, -0.2) is 13.4 Å². The molecular formula is C41H52F3N3O9S. The molecule has 3 fully saturated rings. The molecule has 1 saturated heterocycles. The fourth-order valence-corrected chi connectivity index (χ4v) is 9.63. The van der Waals surface area contributed by atoms with E-state index in [1.54, 1.807) is 37.3 Å². The number of hydrogen-bond donors (Lipinski definition) is 1. The van der Waals surface area contributed by atoms with Crippen molar-refractivity contribution in [3.63, 3.8) is 0 Å². The van der Waals surface area contributed by atoms with Crippen LogP contribution in [0.5, 0.6) is 11.6 Å². The lowest BCUT2D eigenvalue weighted by atomic mass is 9.79. The van der Waals surface area contributed by atoms with E-state index < -0.39 is 112 Å². The predicted octanol–water partition coefficient (Wildman–Crippen LogP) is 6.46. The number of ether oxygens (including phenoxy) is 3. The molecule has 2 aliphatic heterocycles. The number of nitrogens with zero attached hydrogens (tertiary/aromatic N) is 2. The van der Waals surface area contributed by atoms with Crippen LogP contribution in [0.25, 0.3) is 10.8 Å². The molecule has 0 radical (unpaired) electrons. The molecule has 1 aromatic carbocycles. The lowest BCUT2D eigenvalue weighted by molar-refractivity contribution is -0.257. The van der Waals surface area contributed by atoms with Gasteiger partial charge in [-0.2, -0.15) is 13.2 Å². The van der Waals surface area contributed by atoms with Crippen LogP contribution in [-0.2, 0) is 33.9 Å². The largest absolute Gasteiger partial charge is 0.494 e. The Morgan fingerprint density at radius 1 is 1.11 bits per heavy atom. The Labute approximate surface area is 339 Å². The highest BCUT2D eigenvalue weighted by Gasteiger charge is 2.62. The number of nitrogens with one attached hydrogen (secondary N) is 1. The van der Waals surface area contributed by atoms with Gasteiger partial charge in [0.25, 0.3) is 0 Å². The molecular weight excluding hydrogens is 768 g/mol. The predicted molar refractivity (Wildman–Crippen MR) is 203 cm³/mol. The van der Waals surface area contributed by atoms with Crippen molar-refractivity contribution in [2.45, 2.75) is 121 Å². The Kier molecular flexibility index (Phi) is 9.89. The summed E-state index contributed by atoms with van der Waals surface area (Å²) in [6.07, 6.45) is -1.57. The highest BCUT2D eigenvalue weighted by Crippen LogP contribution is 2.57. The van der Waals surface area contributed by atoms with Gasteiger partial charge >= 0.3 is 12.1 Å². The van der Waals surface area contributed by atoms with E-state index in [9.17, 15) is 36.0 Å². The third-order valence-corrected chi connectivity index (χ3v) is 13.6. The molecule has 312 valence electrons. The summed E-state index contributed by atoms with van der Waals surface area (Å²) in [7, 11) is -2.56. The number of carbonyl (C=O) groups excluding carboxylic acids is 4. The summed E-state index contributed by atoms with van der Waals surface area (Å²) in [4.78, 5) is 63.0. The van der Waals surface area contributed by atoms with Crippen molar-refractivity contribution in [3.8, 4) is 11.6 Å². The van der Waals surface area contributed by atoms with E-state index in [-0.39, 0.29) is 44.0 Å². The van der Waals surface area contributed by atoms with Gasteiger partial charge in [-0.05, 0) is 76.0 Å². The highest BCUT2D eigenvalue weighted by atomic mass is 32.2. The van der Waals surface area contributed by atoms with E-state index in [2.05, 4.69) is 14.4 Å². The van der Waals surface area contributed by atoms with Crippen LogP contribution in [-0.4, -0.2) is 84.7 Å². The van der Waals surface area contributed by atoms with Crippen molar-refractivity contribution in [2.24, 2.45) is 29.1 Å². The van der Waals surface area contributed by atoms with E-state index in [1.165, 1.54) is 13.3 Å². The van der Waals surface area contributed by atoms with Gasteiger partial charge in [0.15, 0.2) is 5.78 Å². The molecule has 57 heavy (non-hydrogen) atoms. The summed E-state index contributed by atoms with van der Waals surface area (Å²) in [5, 5.41) is 0.426. The van der Waals surface area contributed by atoms with Gasteiger partial charge in [-0.1, -0.05) is 50.6 Å². The fourth-order valence-electron chi connectivity index (χ4n) is 8.25. The quantitative estimate of drug-likeness (QED) is 0.208. The van der Waals surface area contributed by atoms with Crippen LogP contribution in [0.15, 0.2) is 42.6 Å². The molecule has 2 saturated carbocycles. The molecule has 0 bridgehead atoms. The number of alkyl halides is 3. The molecule has 16 heteroatoms. The molecule has 6 rings (SSSR count). The molecule has 1 N–H and O–H groups in total. The minimum atomic E-state index is -6.10. The number of sulfonamides is 1. The second kappa shape index (κ2) is 16.2. The van der Waals surface area contributed by atoms with Gasteiger partial charge in [-0.3, -0.25) is 23.9 Å². The van der Waals surface area contributed by atoms with Crippen molar-refractivity contribution in [1.82, 2.24) is 14.6 Å². The van der Waals surface area contributed by atoms with E-state index >= 15 is 4.79 Å². The summed E-state index contributed by atoms with van der Waals surface area (Å²) < 4.78 is 134. The van der Waals surface area contributed by atoms with Gasteiger partial charge in [0.1, 0.15) is 11.9 Å². The Bertz CT molecular complexity index is 2200. The van der Waals surface area contributed by atoms with Crippen LogP contribution < -0.4 is 14.2 Å². The number of methoxy groups -OCH3 is 1. The zero-order valence-electron chi connectivity index (χ0n) is 38.0. The summed E-state index contributed by atoms with van der Waals surface area (Å²) in [6.45, 7) is -5.59. The van der Waals surface area contributed by atoms with Crippen molar-refractivity contribution in [3.05, 3.63) is 42.6 Å². The number of allylic oxidation sites excluding steroid dienone is 2. The zero-order valence-corrected chi connectivity index (χ0v) is 32.8. The zero-order chi connectivity index (χ0) is 46.5. The molecule has 2 amide bonds. The van der Waals surface area contributed by atoms with E-state index in [1.807, 2.05) is 13.0 Å². The van der Waals surface area contributed by atoms with E-state index in [0.717, 1.165) is 4.90 Å². The third-order valence-electron chi connectivity index (χ3n) is 11.8. The lowest BCUT2D eigenvalue weighted by Crippen LogP contribution is -2.48. The Morgan fingerprint density at radius 2 is 1.82 bits per heavy atom. The molecule has 4 aliphatic rings. The molecule has 1 aromatic heterocycles. The molecule has 7 atom stereocenters. The number of benzene rings is 1. The average molecular weight is 826 g/mol. The standard InChI is InChI=1S/C41H52F3N3O9S/c1-6-25-17-24(2)11-7-8-12-26-20-40(26,38(51)46-57(52,53)28-15-16-28)21-33(48)32-18-27(55-36-30-14-10-9-13-29(30)34(54-5)22-45-36)23-47(32)37(50)31(25)19-35(49)56-39(3,4)41(42,43)44/h8-10,12-14,22,24-28,31-32H,6-7,11,15-21,23H2,1-5H3,(H,46,51)/b12-8-/t24-,25-,26-,27-,31+,32+,40-/m1/s1/i3D3,4D3. The maximum absolute atomic E-state index is 15.1. The summed E-state index contributed by atoms with van der Waals surface area (Å²) in [5.74, 6) is -6.74. The number of halogens is 3. The number of ketones is 1. The topological polar surface area (TPSA) is 158 Å². The van der Waals surface area contributed by atoms with Crippen molar-refractivity contribution in [1.29, 1.82) is 0 Å².